The van der Waals surface area contributed by atoms with E-state index < -0.39 is 34.9 Å². The van der Waals surface area contributed by atoms with Gasteiger partial charge >= 0.3 is 5.97 Å². The molecule has 0 spiro atoms. The predicted molar refractivity (Wildman–Crippen MR) is 120 cm³/mol. The summed E-state index contributed by atoms with van der Waals surface area (Å²) >= 11 is 0.984. The van der Waals surface area contributed by atoms with Crippen molar-refractivity contribution in [3.8, 4) is 11.5 Å². The Morgan fingerprint density at radius 1 is 1.15 bits per heavy atom. The lowest BCUT2D eigenvalue weighted by Gasteiger charge is -2.36. The third-order valence-corrected chi connectivity index (χ3v) is 7.29. The molecule has 5 rings (SSSR count). The van der Waals surface area contributed by atoms with E-state index in [0.29, 0.717) is 11.3 Å². The summed E-state index contributed by atoms with van der Waals surface area (Å²) in [5, 5.41) is 1.85. The van der Waals surface area contributed by atoms with Crippen LogP contribution in [0.5, 0.6) is 11.5 Å². The fourth-order valence-electron chi connectivity index (χ4n) is 4.59. The number of rotatable bonds is 3. The van der Waals surface area contributed by atoms with Crippen molar-refractivity contribution >= 4 is 41.1 Å². The first-order valence-corrected chi connectivity index (χ1v) is 11.0. The summed E-state index contributed by atoms with van der Waals surface area (Å²) in [6.07, 6.45) is 0. The number of carbonyl (C=O) groups excluding carboxylic acids is 4. The van der Waals surface area contributed by atoms with Crippen molar-refractivity contribution < 1.29 is 28.7 Å². The first-order chi connectivity index (χ1) is 15.9. The largest absolute Gasteiger partial charge is 0.495 e. The van der Waals surface area contributed by atoms with Crippen LogP contribution in [0.3, 0.4) is 0 Å². The van der Waals surface area contributed by atoms with Gasteiger partial charge in [-0.15, -0.1) is 0 Å². The number of anilines is 1. The number of hydrogen-bond donors (Lipinski definition) is 2. The number of ether oxygens (including phenoxy) is 2. The van der Waals surface area contributed by atoms with Crippen LogP contribution in [0.2, 0.25) is 0 Å². The molecule has 10 heteroatoms. The van der Waals surface area contributed by atoms with Crippen molar-refractivity contribution in [2.24, 2.45) is 11.7 Å². The molecule has 3 N–H and O–H groups in total. The van der Waals surface area contributed by atoms with E-state index in [1.54, 1.807) is 30.3 Å². The molecule has 168 valence electrons. The highest BCUT2D eigenvalue weighted by Gasteiger charge is 2.59. The smallest absolute Gasteiger partial charge is 0.342 e. The minimum atomic E-state index is -0.868. The average molecular weight is 465 g/mol. The molecule has 3 atom stereocenters. The summed E-state index contributed by atoms with van der Waals surface area (Å²) in [5.74, 6) is -2.97. The molecule has 0 unspecified atom stereocenters. The van der Waals surface area contributed by atoms with Gasteiger partial charge in [-0.1, -0.05) is 30.0 Å². The maximum Gasteiger partial charge on any atom is 0.342 e. The molecular weight excluding hydrogens is 446 g/mol. The molecule has 1 fully saturated rings. The van der Waals surface area contributed by atoms with E-state index in [4.69, 9.17) is 15.2 Å². The van der Waals surface area contributed by atoms with Gasteiger partial charge in [-0.05, 0) is 24.3 Å². The van der Waals surface area contributed by atoms with E-state index in [0.717, 1.165) is 16.7 Å². The SMILES string of the molecule is CNC(=O)c1ccc(OC)c(N2C(=O)[C@H]3[C@H](SC(N)=C4C(=O)Oc5ccccc5[C@H]43)C2=O)c1. The van der Waals surface area contributed by atoms with Crippen LogP contribution in [0.25, 0.3) is 0 Å². The van der Waals surface area contributed by atoms with Crippen molar-refractivity contribution in [1.82, 2.24) is 5.32 Å². The van der Waals surface area contributed by atoms with Crippen molar-refractivity contribution in [1.29, 1.82) is 0 Å². The lowest BCUT2D eigenvalue weighted by atomic mass is 9.77. The minimum Gasteiger partial charge on any atom is -0.495 e. The number of benzene rings is 2. The number of hydrogen-bond acceptors (Lipinski definition) is 8. The Labute approximate surface area is 192 Å². The molecule has 3 heterocycles. The van der Waals surface area contributed by atoms with Crippen molar-refractivity contribution in [2.75, 3.05) is 19.1 Å². The van der Waals surface area contributed by atoms with Crippen LogP contribution in [-0.4, -0.2) is 43.1 Å². The van der Waals surface area contributed by atoms with E-state index in [-0.39, 0.29) is 33.5 Å². The maximum absolute atomic E-state index is 13.8. The highest BCUT2D eigenvalue weighted by atomic mass is 32.2. The second-order valence-electron chi connectivity index (χ2n) is 7.72. The third-order valence-electron chi connectivity index (χ3n) is 6.07. The number of fused-ring (bicyclic) bond motifs is 5. The normalized spacial score (nSPS) is 23.5. The second kappa shape index (κ2) is 7.66. The van der Waals surface area contributed by atoms with Gasteiger partial charge in [0.1, 0.15) is 16.7 Å². The third kappa shape index (κ3) is 3.01. The summed E-state index contributed by atoms with van der Waals surface area (Å²) in [5.41, 5.74) is 7.45. The molecule has 33 heavy (non-hydrogen) atoms. The quantitative estimate of drug-likeness (QED) is 0.397. The number of methoxy groups -OCH3 is 1. The molecule has 3 aliphatic rings. The molecule has 0 radical (unpaired) electrons. The lowest BCUT2D eigenvalue weighted by Crippen LogP contribution is -2.39. The van der Waals surface area contributed by atoms with Crippen LogP contribution in [0.4, 0.5) is 5.69 Å². The Morgan fingerprint density at radius 3 is 2.64 bits per heavy atom. The van der Waals surface area contributed by atoms with Gasteiger partial charge in [0.15, 0.2) is 0 Å². The Balaban J connectivity index is 1.65. The fourth-order valence-corrected chi connectivity index (χ4v) is 5.83. The zero-order valence-electron chi connectivity index (χ0n) is 17.7. The maximum atomic E-state index is 13.8. The van der Waals surface area contributed by atoms with Gasteiger partial charge < -0.3 is 20.5 Å². The van der Waals surface area contributed by atoms with Gasteiger partial charge in [-0.3, -0.25) is 14.4 Å². The Morgan fingerprint density at radius 2 is 1.91 bits per heavy atom. The van der Waals surface area contributed by atoms with Crippen LogP contribution in [-0.2, 0) is 14.4 Å². The van der Waals surface area contributed by atoms with E-state index in [9.17, 15) is 19.2 Å². The predicted octanol–water partition coefficient (Wildman–Crippen LogP) is 1.53. The molecule has 2 aromatic rings. The molecule has 0 aromatic heterocycles. The van der Waals surface area contributed by atoms with Crippen LogP contribution in [0, 0.1) is 5.92 Å². The number of carbonyl (C=O) groups is 4. The Kier molecular flexibility index (Phi) is 4.89. The molecule has 2 aromatic carbocycles. The molecule has 3 amide bonds. The van der Waals surface area contributed by atoms with Crippen LogP contribution in [0.15, 0.2) is 53.1 Å². The number of amides is 3. The number of nitrogens with one attached hydrogen (secondary N) is 1. The zero-order chi connectivity index (χ0) is 23.4. The van der Waals surface area contributed by atoms with Gasteiger partial charge in [0.05, 0.1) is 29.3 Å². The number of nitrogens with zero attached hydrogens (tertiary/aromatic N) is 1. The highest BCUT2D eigenvalue weighted by Crippen LogP contribution is 2.55. The lowest BCUT2D eigenvalue weighted by molar-refractivity contribution is -0.131. The van der Waals surface area contributed by atoms with Gasteiger partial charge in [0.2, 0.25) is 11.8 Å². The summed E-state index contributed by atoms with van der Waals surface area (Å²) in [6, 6.07) is 11.4. The number of nitrogens with two attached hydrogens (primary N) is 1. The van der Waals surface area contributed by atoms with E-state index in [2.05, 4.69) is 5.32 Å². The van der Waals surface area contributed by atoms with Crippen molar-refractivity contribution in [2.45, 2.75) is 11.2 Å². The van der Waals surface area contributed by atoms with Crippen LogP contribution in [0.1, 0.15) is 21.8 Å². The molecule has 3 aliphatic heterocycles. The Hall–Kier alpha value is -3.79. The average Bonchev–Trinajstić information content (AvgIpc) is 3.07. The van der Waals surface area contributed by atoms with E-state index in [1.165, 1.54) is 26.3 Å². The van der Waals surface area contributed by atoms with Crippen molar-refractivity contribution in [3.05, 3.63) is 64.2 Å². The van der Waals surface area contributed by atoms with Crippen molar-refractivity contribution in [3.63, 3.8) is 0 Å². The second-order valence-corrected chi connectivity index (χ2v) is 8.91. The van der Waals surface area contributed by atoms with Gasteiger partial charge in [0.25, 0.3) is 5.91 Å². The summed E-state index contributed by atoms with van der Waals surface area (Å²) in [4.78, 5) is 53.2. The number of thioether (sulfide) groups is 1. The highest BCUT2D eigenvalue weighted by molar-refractivity contribution is 8.04. The molecule has 0 aliphatic carbocycles. The topological polar surface area (TPSA) is 128 Å². The fraction of sp³-hybridized carbons (Fsp3) is 0.217. The van der Waals surface area contributed by atoms with E-state index in [1.807, 2.05) is 0 Å². The van der Waals surface area contributed by atoms with Gasteiger partial charge in [-0.25, -0.2) is 9.69 Å². The molecule has 9 nitrogen and oxygen atoms in total. The Bertz CT molecular complexity index is 1270. The number of imide groups is 1. The molecular formula is C23H19N3O6S. The first-order valence-electron chi connectivity index (χ1n) is 10.1. The van der Waals surface area contributed by atoms with Crippen LogP contribution >= 0.6 is 11.8 Å². The monoisotopic (exact) mass is 465 g/mol. The summed E-state index contributed by atoms with van der Waals surface area (Å²) in [7, 11) is 2.90. The number of para-hydroxylation sites is 1. The standard InChI is InChI=1S/C23H19N3O6S/c1-25-20(27)10-7-8-14(31-2)12(9-10)26-21(28)16-15-11-5-3-4-6-13(11)32-23(30)17(15)19(24)33-18(16)22(26)29/h3-9,15-16,18H,24H2,1-2H3,(H,25,27)/t15-,16+,18-/m0/s1. The zero-order valence-corrected chi connectivity index (χ0v) is 18.5. The molecule has 1 saturated heterocycles. The van der Waals surface area contributed by atoms with Gasteiger partial charge in [0, 0.05) is 24.1 Å². The molecule has 0 bridgehead atoms. The first kappa shape index (κ1) is 21.1. The van der Waals surface area contributed by atoms with Gasteiger partial charge in [-0.2, -0.15) is 0 Å². The summed E-state index contributed by atoms with van der Waals surface area (Å²) in [6.45, 7) is 0. The molecule has 0 saturated carbocycles. The minimum absolute atomic E-state index is 0.162. The number of esters is 1. The van der Waals surface area contributed by atoms with E-state index >= 15 is 0 Å². The van der Waals surface area contributed by atoms with Crippen LogP contribution < -0.4 is 25.4 Å². The summed E-state index contributed by atoms with van der Waals surface area (Å²) < 4.78 is 10.8.